The minimum Gasteiger partial charge on any atom is -0.380 e. The van der Waals surface area contributed by atoms with E-state index in [9.17, 15) is 9.90 Å². The van der Waals surface area contributed by atoms with Crippen LogP contribution in [-0.4, -0.2) is 10.9 Å². The Morgan fingerprint density at radius 2 is 1.50 bits per heavy atom. The number of Topliss-reactive ketones (excluding diaryl/α,β-unsaturated/α-hetero) is 1. The van der Waals surface area contributed by atoms with Crippen molar-refractivity contribution in [2.24, 2.45) is 5.92 Å². The SMILES string of the molecule is CC(C)C1=C(c2ccccc2)C(O)(c2ccccc2)CC1=O. The fraction of sp³-hybridized carbons (Fsp3) is 0.250. The molecule has 0 spiro atoms. The highest BCUT2D eigenvalue weighted by atomic mass is 16.3. The van der Waals surface area contributed by atoms with Crippen molar-refractivity contribution < 1.29 is 9.90 Å². The Labute approximate surface area is 131 Å². The summed E-state index contributed by atoms with van der Waals surface area (Å²) in [6, 6.07) is 19.2. The zero-order chi connectivity index (χ0) is 15.7. The molecule has 1 aliphatic rings. The zero-order valence-corrected chi connectivity index (χ0v) is 12.9. The van der Waals surface area contributed by atoms with Crippen molar-refractivity contribution in [3.63, 3.8) is 0 Å². The number of allylic oxidation sites excluding steroid dienone is 1. The molecule has 3 rings (SSSR count). The molecule has 0 aliphatic heterocycles. The Balaban J connectivity index is 2.26. The van der Waals surface area contributed by atoms with Crippen molar-refractivity contribution in [3.8, 4) is 0 Å². The number of carbonyl (C=O) groups is 1. The molecule has 0 heterocycles. The maximum atomic E-state index is 12.6. The lowest BCUT2D eigenvalue weighted by molar-refractivity contribution is -0.117. The summed E-state index contributed by atoms with van der Waals surface area (Å²) in [6.45, 7) is 4.01. The Kier molecular flexibility index (Phi) is 3.71. The molecule has 0 radical (unpaired) electrons. The van der Waals surface area contributed by atoms with Crippen molar-refractivity contribution in [1.29, 1.82) is 0 Å². The summed E-state index contributed by atoms with van der Waals surface area (Å²) in [5, 5.41) is 11.4. The van der Waals surface area contributed by atoms with Gasteiger partial charge in [-0.2, -0.15) is 0 Å². The molecule has 2 aromatic rings. The van der Waals surface area contributed by atoms with Gasteiger partial charge in [-0.15, -0.1) is 0 Å². The van der Waals surface area contributed by atoms with Crippen LogP contribution in [0.5, 0.6) is 0 Å². The van der Waals surface area contributed by atoms with Crippen molar-refractivity contribution in [3.05, 3.63) is 77.4 Å². The number of hydrogen-bond donors (Lipinski definition) is 1. The van der Waals surface area contributed by atoms with E-state index in [1.165, 1.54) is 0 Å². The van der Waals surface area contributed by atoms with Crippen LogP contribution in [0.2, 0.25) is 0 Å². The van der Waals surface area contributed by atoms with Gasteiger partial charge in [0.05, 0.1) is 0 Å². The van der Waals surface area contributed by atoms with Crippen LogP contribution in [0, 0.1) is 5.92 Å². The molecule has 1 aliphatic carbocycles. The molecular weight excluding hydrogens is 272 g/mol. The van der Waals surface area contributed by atoms with Crippen LogP contribution < -0.4 is 0 Å². The normalized spacial score (nSPS) is 21.7. The number of benzene rings is 2. The van der Waals surface area contributed by atoms with E-state index in [2.05, 4.69) is 0 Å². The third-order valence-electron chi connectivity index (χ3n) is 4.29. The van der Waals surface area contributed by atoms with Gasteiger partial charge in [-0.3, -0.25) is 4.79 Å². The van der Waals surface area contributed by atoms with E-state index in [0.29, 0.717) is 0 Å². The first-order valence-electron chi connectivity index (χ1n) is 7.65. The third kappa shape index (κ3) is 2.30. The first-order chi connectivity index (χ1) is 10.5. The van der Waals surface area contributed by atoms with Crippen LogP contribution in [0.1, 0.15) is 31.4 Å². The van der Waals surface area contributed by atoms with Gasteiger partial charge in [0.25, 0.3) is 0 Å². The average Bonchev–Trinajstić information content (AvgIpc) is 2.81. The van der Waals surface area contributed by atoms with Crippen LogP contribution in [0.3, 0.4) is 0 Å². The molecule has 0 aromatic heterocycles. The molecule has 1 N–H and O–H groups in total. The van der Waals surface area contributed by atoms with Gasteiger partial charge in [0.2, 0.25) is 0 Å². The van der Waals surface area contributed by atoms with Gasteiger partial charge in [0, 0.05) is 17.6 Å². The second-order valence-electron chi connectivity index (χ2n) is 6.14. The van der Waals surface area contributed by atoms with Crippen molar-refractivity contribution in [2.45, 2.75) is 25.9 Å². The Bertz CT molecular complexity index is 714. The lowest BCUT2D eigenvalue weighted by atomic mass is 9.82. The van der Waals surface area contributed by atoms with E-state index in [4.69, 9.17) is 0 Å². The maximum Gasteiger partial charge on any atom is 0.163 e. The number of carbonyl (C=O) groups excluding carboxylic acids is 1. The fourth-order valence-electron chi connectivity index (χ4n) is 3.35. The molecule has 2 aromatic carbocycles. The van der Waals surface area contributed by atoms with Gasteiger partial charge < -0.3 is 5.11 Å². The van der Waals surface area contributed by atoms with Gasteiger partial charge in [-0.05, 0) is 17.0 Å². The second-order valence-corrected chi connectivity index (χ2v) is 6.14. The molecule has 0 amide bonds. The smallest absolute Gasteiger partial charge is 0.163 e. The summed E-state index contributed by atoms with van der Waals surface area (Å²) in [5.74, 6) is 0.126. The molecule has 0 bridgehead atoms. The van der Waals surface area contributed by atoms with Gasteiger partial charge in [0.15, 0.2) is 5.78 Å². The molecule has 0 fully saturated rings. The zero-order valence-electron chi connectivity index (χ0n) is 12.9. The third-order valence-corrected chi connectivity index (χ3v) is 4.29. The van der Waals surface area contributed by atoms with E-state index in [1.54, 1.807) is 0 Å². The lowest BCUT2D eigenvalue weighted by Gasteiger charge is -2.27. The maximum absolute atomic E-state index is 12.6. The average molecular weight is 292 g/mol. The fourth-order valence-corrected chi connectivity index (χ4v) is 3.35. The van der Waals surface area contributed by atoms with Crippen LogP contribution in [0.15, 0.2) is 66.2 Å². The van der Waals surface area contributed by atoms with Crippen LogP contribution >= 0.6 is 0 Å². The Hall–Kier alpha value is -2.19. The first kappa shape index (κ1) is 14.7. The van der Waals surface area contributed by atoms with E-state index in [0.717, 1.165) is 22.3 Å². The van der Waals surface area contributed by atoms with Crippen LogP contribution in [0.4, 0.5) is 0 Å². The van der Waals surface area contributed by atoms with Gasteiger partial charge in [-0.1, -0.05) is 74.5 Å². The van der Waals surface area contributed by atoms with Crippen LogP contribution in [0.25, 0.3) is 5.57 Å². The molecule has 0 saturated heterocycles. The lowest BCUT2D eigenvalue weighted by Crippen LogP contribution is -2.25. The molecular formula is C20H20O2. The minimum atomic E-state index is -1.24. The molecule has 22 heavy (non-hydrogen) atoms. The highest BCUT2D eigenvalue weighted by Crippen LogP contribution is 2.48. The van der Waals surface area contributed by atoms with Gasteiger partial charge in [-0.25, -0.2) is 0 Å². The van der Waals surface area contributed by atoms with E-state index in [1.807, 2.05) is 74.5 Å². The molecule has 2 nitrogen and oxygen atoms in total. The minimum absolute atomic E-state index is 0.0419. The summed E-state index contributed by atoms with van der Waals surface area (Å²) in [5.41, 5.74) is 1.97. The highest BCUT2D eigenvalue weighted by Gasteiger charge is 2.46. The van der Waals surface area contributed by atoms with Crippen molar-refractivity contribution in [1.82, 2.24) is 0 Å². The van der Waals surface area contributed by atoms with Crippen molar-refractivity contribution in [2.75, 3.05) is 0 Å². The molecule has 0 saturated carbocycles. The topological polar surface area (TPSA) is 37.3 Å². The predicted octanol–water partition coefficient (Wildman–Crippen LogP) is 3.96. The van der Waals surface area contributed by atoms with E-state index in [-0.39, 0.29) is 18.1 Å². The molecule has 2 heteroatoms. The summed E-state index contributed by atoms with van der Waals surface area (Å²) < 4.78 is 0. The number of aliphatic hydroxyl groups is 1. The summed E-state index contributed by atoms with van der Waals surface area (Å²) >= 11 is 0. The molecule has 112 valence electrons. The van der Waals surface area contributed by atoms with Crippen molar-refractivity contribution >= 4 is 11.4 Å². The quantitative estimate of drug-likeness (QED) is 0.930. The highest BCUT2D eigenvalue weighted by molar-refractivity contribution is 6.10. The first-order valence-corrected chi connectivity index (χ1v) is 7.65. The number of hydrogen-bond acceptors (Lipinski definition) is 2. The summed E-state index contributed by atoms with van der Waals surface area (Å²) in [4.78, 5) is 12.6. The summed E-state index contributed by atoms with van der Waals surface area (Å²) in [6.07, 6.45) is 0.120. The van der Waals surface area contributed by atoms with Gasteiger partial charge >= 0.3 is 0 Å². The Morgan fingerprint density at radius 3 is 2.05 bits per heavy atom. The number of ketones is 1. The second kappa shape index (κ2) is 5.54. The summed E-state index contributed by atoms with van der Waals surface area (Å²) in [7, 11) is 0. The number of rotatable bonds is 3. The van der Waals surface area contributed by atoms with E-state index >= 15 is 0 Å². The predicted molar refractivity (Wildman–Crippen MR) is 88.2 cm³/mol. The largest absolute Gasteiger partial charge is 0.380 e. The molecule has 1 atom stereocenters. The Morgan fingerprint density at radius 1 is 0.955 bits per heavy atom. The molecule has 1 unspecified atom stereocenters. The monoisotopic (exact) mass is 292 g/mol. The standard InChI is InChI=1S/C20H20O2/c1-14(2)18-17(21)13-20(22,16-11-7-4-8-12-16)19(18)15-9-5-3-6-10-15/h3-12,14,22H,13H2,1-2H3. The van der Waals surface area contributed by atoms with Crippen LogP contribution in [-0.2, 0) is 10.4 Å². The van der Waals surface area contributed by atoms with Gasteiger partial charge in [0.1, 0.15) is 5.60 Å². The van der Waals surface area contributed by atoms with E-state index < -0.39 is 5.60 Å².